The van der Waals surface area contributed by atoms with Gasteiger partial charge in [0, 0.05) is 13.1 Å². The molecular weight excluding hydrogens is 309 g/mol. The predicted molar refractivity (Wildman–Crippen MR) is 79.5 cm³/mol. The standard InChI is InChI=1S/C16H17ClFNO3/c1-9-4-5-11(13(18)12(9)17)14(20)19-7-10-3-2-6-16(10,8-19)15(21)22/h4-5,10H,2-3,6-8H2,1H3,(H,21,22)/t10-,16+/m0/s1. The predicted octanol–water partition coefficient (Wildman–Crippen LogP) is 3.11. The fraction of sp³-hybridized carbons (Fsp3) is 0.500. The van der Waals surface area contributed by atoms with Crippen molar-refractivity contribution in [1.29, 1.82) is 0 Å². The van der Waals surface area contributed by atoms with Gasteiger partial charge in [-0.1, -0.05) is 24.1 Å². The second-order valence-electron chi connectivity index (χ2n) is 6.29. The topological polar surface area (TPSA) is 57.6 Å². The van der Waals surface area contributed by atoms with Crippen molar-refractivity contribution in [3.63, 3.8) is 0 Å². The number of fused-ring (bicyclic) bond motifs is 1. The molecule has 4 nitrogen and oxygen atoms in total. The molecule has 2 fully saturated rings. The Morgan fingerprint density at radius 2 is 2.18 bits per heavy atom. The Balaban J connectivity index is 1.89. The summed E-state index contributed by atoms with van der Waals surface area (Å²) in [5.74, 6) is -2.10. The van der Waals surface area contributed by atoms with Crippen molar-refractivity contribution in [3.05, 3.63) is 34.1 Å². The van der Waals surface area contributed by atoms with Gasteiger partial charge in [0.25, 0.3) is 5.91 Å². The van der Waals surface area contributed by atoms with E-state index in [2.05, 4.69) is 0 Å². The zero-order chi connectivity index (χ0) is 16.1. The summed E-state index contributed by atoms with van der Waals surface area (Å²) >= 11 is 5.87. The van der Waals surface area contributed by atoms with E-state index in [1.165, 1.54) is 11.0 Å². The first-order valence-electron chi connectivity index (χ1n) is 7.34. The molecule has 1 saturated heterocycles. The lowest BCUT2D eigenvalue weighted by Gasteiger charge is -2.23. The van der Waals surface area contributed by atoms with Crippen LogP contribution in [0.15, 0.2) is 12.1 Å². The summed E-state index contributed by atoms with van der Waals surface area (Å²) in [6.07, 6.45) is 2.24. The third-order valence-corrected chi connectivity index (χ3v) is 5.55. The van der Waals surface area contributed by atoms with Gasteiger partial charge in [-0.05, 0) is 37.3 Å². The maximum Gasteiger partial charge on any atom is 0.311 e. The van der Waals surface area contributed by atoms with E-state index in [-0.39, 0.29) is 23.0 Å². The molecule has 2 atom stereocenters. The normalized spacial score (nSPS) is 27.0. The number of benzene rings is 1. The molecule has 1 aliphatic heterocycles. The molecule has 0 spiro atoms. The Morgan fingerprint density at radius 1 is 1.45 bits per heavy atom. The first-order chi connectivity index (χ1) is 10.4. The molecule has 1 aromatic carbocycles. The van der Waals surface area contributed by atoms with Gasteiger partial charge in [-0.3, -0.25) is 9.59 Å². The molecule has 1 N–H and O–H groups in total. The summed E-state index contributed by atoms with van der Waals surface area (Å²) in [5.41, 5.74) is -0.382. The summed E-state index contributed by atoms with van der Waals surface area (Å²) in [6, 6.07) is 3.02. The monoisotopic (exact) mass is 325 g/mol. The molecule has 1 aliphatic carbocycles. The minimum Gasteiger partial charge on any atom is -0.481 e. The van der Waals surface area contributed by atoms with E-state index in [4.69, 9.17) is 11.6 Å². The van der Waals surface area contributed by atoms with E-state index in [1.807, 2.05) is 0 Å². The summed E-state index contributed by atoms with van der Waals surface area (Å²) in [7, 11) is 0. The van der Waals surface area contributed by atoms with Crippen LogP contribution in [-0.4, -0.2) is 35.0 Å². The Hall–Kier alpha value is -1.62. The number of carboxylic acids is 1. The molecule has 6 heteroatoms. The Bertz CT molecular complexity index is 663. The Labute approximate surface area is 132 Å². The number of amides is 1. The van der Waals surface area contributed by atoms with Crippen LogP contribution in [0.25, 0.3) is 0 Å². The van der Waals surface area contributed by atoms with Crippen LogP contribution in [0.5, 0.6) is 0 Å². The van der Waals surface area contributed by atoms with Crippen molar-refractivity contribution >= 4 is 23.5 Å². The molecular formula is C16H17ClFNO3. The van der Waals surface area contributed by atoms with Crippen LogP contribution in [0.3, 0.4) is 0 Å². The first kappa shape index (κ1) is 15.3. The van der Waals surface area contributed by atoms with Crippen molar-refractivity contribution in [3.8, 4) is 0 Å². The molecule has 1 saturated carbocycles. The summed E-state index contributed by atoms with van der Waals surface area (Å²) in [4.78, 5) is 25.7. The van der Waals surface area contributed by atoms with E-state index in [1.54, 1.807) is 13.0 Å². The molecule has 1 heterocycles. The molecule has 0 bridgehead atoms. The minimum absolute atomic E-state index is 0.0436. The Morgan fingerprint density at radius 3 is 2.82 bits per heavy atom. The minimum atomic E-state index is -0.860. The number of aryl methyl sites for hydroxylation is 1. The maximum atomic E-state index is 14.2. The van der Waals surface area contributed by atoms with E-state index < -0.39 is 23.1 Å². The number of halogens is 2. The van der Waals surface area contributed by atoms with Crippen LogP contribution in [-0.2, 0) is 4.79 Å². The second kappa shape index (κ2) is 5.23. The number of carbonyl (C=O) groups is 2. The van der Waals surface area contributed by atoms with Crippen LogP contribution in [0, 0.1) is 24.1 Å². The highest BCUT2D eigenvalue weighted by molar-refractivity contribution is 6.31. The fourth-order valence-corrected chi connectivity index (χ4v) is 3.94. The van der Waals surface area contributed by atoms with Crippen molar-refractivity contribution in [2.45, 2.75) is 26.2 Å². The van der Waals surface area contributed by atoms with Crippen LogP contribution < -0.4 is 0 Å². The average molecular weight is 326 g/mol. The van der Waals surface area contributed by atoms with Gasteiger partial charge in [-0.25, -0.2) is 4.39 Å². The lowest BCUT2D eigenvalue weighted by Crippen LogP contribution is -2.37. The van der Waals surface area contributed by atoms with E-state index >= 15 is 0 Å². The van der Waals surface area contributed by atoms with Gasteiger partial charge in [-0.2, -0.15) is 0 Å². The smallest absolute Gasteiger partial charge is 0.311 e. The van der Waals surface area contributed by atoms with Gasteiger partial charge in [0.2, 0.25) is 0 Å². The van der Waals surface area contributed by atoms with E-state index in [0.29, 0.717) is 18.5 Å². The van der Waals surface area contributed by atoms with Gasteiger partial charge >= 0.3 is 5.97 Å². The van der Waals surface area contributed by atoms with E-state index in [0.717, 1.165) is 12.8 Å². The molecule has 0 unspecified atom stereocenters. The lowest BCUT2D eigenvalue weighted by molar-refractivity contribution is -0.149. The fourth-order valence-electron chi connectivity index (χ4n) is 3.78. The SMILES string of the molecule is Cc1ccc(C(=O)N2C[C@@H]3CCC[C@@]3(C(=O)O)C2)c(F)c1Cl. The highest BCUT2D eigenvalue weighted by Crippen LogP contribution is 2.49. The molecule has 1 aromatic rings. The second-order valence-corrected chi connectivity index (χ2v) is 6.67. The number of hydrogen-bond donors (Lipinski definition) is 1. The van der Waals surface area contributed by atoms with Gasteiger partial charge in [0.1, 0.15) is 0 Å². The number of nitrogens with zero attached hydrogens (tertiary/aromatic N) is 1. The average Bonchev–Trinajstić information content (AvgIpc) is 3.02. The molecule has 0 aromatic heterocycles. The molecule has 3 rings (SSSR count). The maximum absolute atomic E-state index is 14.2. The quantitative estimate of drug-likeness (QED) is 0.909. The van der Waals surface area contributed by atoms with Crippen LogP contribution in [0.4, 0.5) is 4.39 Å². The molecule has 22 heavy (non-hydrogen) atoms. The van der Waals surface area contributed by atoms with E-state index in [9.17, 15) is 19.1 Å². The van der Waals surface area contributed by atoms with Crippen LogP contribution in [0.2, 0.25) is 5.02 Å². The lowest BCUT2D eigenvalue weighted by atomic mass is 9.81. The number of aliphatic carboxylic acids is 1. The Kier molecular flexibility index (Phi) is 3.63. The zero-order valence-corrected chi connectivity index (χ0v) is 13.0. The van der Waals surface area contributed by atoms with Gasteiger partial charge in [0.05, 0.1) is 16.0 Å². The van der Waals surface area contributed by atoms with Crippen LogP contribution in [0.1, 0.15) is 35.2 Å². The summed E-state index contributed by atoms with van der Waals surface area (Å²) < 4.78 is 14.2. The summed E-state index contributed by atoms with van der Waals surface area (Å²) in [5, 5.41) is 9.49. The molecule has 118 valence electrons. The van der Waals surface area contributed by atoms with Crippen LogP contribution >= 0.6 is 11.6 Å². The third-order valence-electron chi connectivity index (χ3n) is 5.09. The number of rotatable bonds is 2. The highest BCUT2D eigenvalue weighted by Gasteiger charge is 2.55. The van der Waals surface area contributed by atoms with Crippen molar-refractivity contribution < 1.29 is 19.1 Å². The van der Waals surface area contributed by atoms with Gasteiger partial charge < -0.3 is 10.0 Å². The van der Waals surface area contributed by atoms with Crippen molar-refractivity contribution in [2.75, 3.05) is 13.1 Å². The number of likely N-dealkylation sites (tertiary alicyclic amines) is 1. The van der Waals surface area contributed by atoms with Gasteiger partial charge in [0.15, 0.2) is 5.82 Å². The molecule has 0 radical (unpaired) electrons. The largest absolute Gasteiger partial charge is 0.481 e. The third kappa shape index (κ3) is 2.10. The number of hydrogen-bond acceptors (Lipinski definition) is 2. The highest BCUT2D eigenvalue weighted by atomic mass is 35.5. The molecule has 2 aliphatic rings. The zero-order valence-electron chi connectivity index (χ0n) is 12.2. The first-order valence-corrected chi connectivity index (χ1v) is 7.72. The van der Waals surface area contributed by atoms with Crippen molar-refractivity contribution in [2.24, 2.45) is 11.3 Å². The van der Waals surface area contributed by atoms with Crippen molar-refractivity contribution in [1.82, 2.24) is 4.90 Å². The van der Waals surface area contributed by atoms with Gasteiger partial charge in [-0.15, -0.1) is 0 Å². The molecule has 1 amide bonds. The number of carboxylic acid groups (broad SMARTS) is 1. The number of carbonyl (C=O) groups excluding carboxylic acids is 1. The summed E-state index contributed by atoms with van der Waals surface area (Å²) in [6.45, 7) is 2.19.